The quantitative estimate of drug-likeness (QED) is 0.839. The Kier molecular flexibility index (Phi) is 3.10. The Labute approximate surface area is 98.2 Å². The maximum absolute atomic E-state index is 11.1. The standard InChI is InChI=1S/C12H14N2O3/c1-7-14-10-6-8(2-3-11(10)17-7)9(4-5-13)12(15)16/h2-3,6,9H,4-5,13H2,1H3,(H,15,16). The maximum atomic E-state index is 11.1. The number of hydrogen-bond acceptors (Lipinski definition) is 4. The van der Waals surface area contributed by atoms with Crippen molar-refractivity contribution in [1.82, 2.24) is 4.98 Å². The molecule has 2 aromatic rings. The lowest BCUT2D eigenvalue weighted by Gasteiger charge is -2.10. The highest BCUT2D eigenvalue weighted by Crippen LogP contribution is 2.24. The van der Waals surface area contributed by atoms with Crippen LogP contribution in [0.1, 0.15) is 23.8 Å². The monoisotopic (exact) mass is 234 g/mol. The van der Waals surface area contributed by atoms with E-state index in [1.165, 1.54) is 0 Å². The Morgan fingerprint density at radius 1 is 1.59 bits per heavy atom. The van der Waals surface area contributed by atoms with Crippen molar-refractivity contribution in [3.05, 3.63) is 29.7 Å². The van der Waals surface area contributed by atoms with Crippen LogP contribution >= 0.6 is 0 Å². The molecule has 1 aromatic heterocycles. The number of fused-ring (bicyclic) bond motifs is 1. The third-order valence-corrected chi connectivity index (χ3v) is 2.67. The van der Waals surface area contributed by atoms with E-state index in [0.29, 0.717) is 35.5 Å². The van der Waals surface area contributed by atoms with Crippen molar-refractivity contribution in [3.8, 4) is 0 Å². The third kappa shape index (κ3) is 2.29. The van der Waals surface area contributed by atoms with Crippen LogP contribution in [0.3, 0.4) is 0 Å². The van der Waals surface area contributed by atoms with E-state index >= 15 is 0 Å². The first-order valence-corrected chi connectivity index (χ1v) is 5.42. The van der Waals surface area contributed by atoms with Crippen LogP contribution in [-0.4, -0.2) is 22.6 Å². The molecule has 0 saturated carbocycles. The summed E-state index contributed by atoms with van der Waals surface area (Å²) in [6.07, 6.45) is 0.414. The number of carboxylic acid groups (broad SMARTS) is 1. The van der Waals surface area contributed by atoms with Gasteiger partial charge in [-0.3, -0.25) is 4.79 Å². The lowest BCUT2D eigenvalue weighted by Crippen LogP contribution is -2.16. The molecule has 1 aromatic carbocycles. The summed E-state index contributed by atoms with van der Waals surface area (Å²) in [5, 5.41) is 9.14. The van der Waals surface area contributed by atoms with Gasteiger partial charge in [-0.15, -0.1) is 0 Å². The summed E-state index contributed by atoms with van der Waals surface area (Å²) in [6.45, 7) is 2.10. The van der Waals surface area contributed by atoms with Gasteiger partial charge in [-0.25, -0.2) is 4.98 Å². The molecule has 5 heteroatoms. The number of aliphatic carboxylic acids is 1. The second kappa shape index (κ2) is 4.55. The van der Waals surface area contributed by atoms with Gasteiger partial charge in [0.2, 0.25) is 0 Å². The predicted molar refractivity (Wildman–Crippen MR) is 62.8 cm³/mol. The van der Waals surface area contributed by atoms with E-state index in [2.05, 4.69) is 4.98 Å². The minimum atomic E-state index is -0.866. The number of aryl methyl sites for hydroxylation is 1. The molecule has 0 fully saturated rings. The SMILES string of the molecule is Cc1nc2cc(C(CCN)C(=O)O)ccc2o1. The van der Waals surface area contributed by atoms with Crippen molar-refractivity contribution in [2.24, 2.45) is 5.73 Å². The molecule has 1 heterocycles. The molecule has 0 amide bonds. The summed E-state index contributed by atoms with van der Waals surface area (Å²) in [5.74, 6) is -0.876. The number of oxazole rings is 1. The largest absolute Gasteiger partial charge is 0.481 e. The Hall–Kier alpha value is -1.88. The third-order valence-electron chi connectivity index (χ3n) is 2.67. The van der Waals surface area contributed by atoms with Gasteiger partial charge in [0.25, 0.3) is 0 Å². The lowest BCUT2D eigenvalue weighted by atomic mass is 9.95. The van der Waals surface area contributed by atoms with Crippen LogP contribution in [0.4, 0.5) is 0 Å². The van der Waals surface area contributed by atoms with Gasteiger partial charge in [-0.05, 0) is 30.7 Å². The molecule has 1 atom stereocenters. The first-order valence-electron chi connectivity index (χ1n) is 5.42. The van der Waals surface area contributed by atoms with Crippen molar-refractivity contribution in [2.45, 2.75) is 19.3 Å². The molecule has 0 aliphatic carbocycles. The van der Waals surface area contributed by atoms with Crippen LogP contribution in [-0.2, 0) is 4.79 Å². The Bertz CT molecular complexity index is 548. The van der Waals surface area contributed by atoms with Gasteiger partial charge >= 0.3 is 5.97 Å². The van der Waals surface area contributed by atoms with Crippen molar-refractivity contribution in [1.29, 1.82) is 0 Å². The van der Waals surface area contributed by atoms with Crippen LogP contribution < -0.4 is 5.73 Å². The van der Waals surface area contributed by atoms with E-state index in [1.54, 1.807) is 25.1 Å². The molecule has 17 heavy (non-hydrogen) atoms. The zero-order valence-electron chi connectivity index (χ0n) is 9.51. The maximum Gasteiger partial charge on any atom is 0.311 e. The van der Waals surface area contributed by atoms with Crippen molar-refractivity contribution in [2.75, 3.05) is 6.54 Å². The molecule has 90 valence electrons. The average Bonchev–Trinajstić information content (AvgIpc) is 2.64. The van der Waals surface area contributed by atoms with Gasteiger partial charge in [-0.1, -0.05) is 6.07 Å². The summed E-state index contributed by atoms with van der Waals surface area (Å²) >= 11 is 0. The number of hydrogen-bond donors (Lipinski definition) is 2. The van der Waals surface area contributed by atoms with E-state index in [-0.39, 0.29) is 0 Å². The molecule has 2 rings (SSSR count). The lowest BCUT2D eigenvalue weighted by molar-refractivity contribution is -0.138. The fourth-order valence-corrected chi connectivity index (χ4v) is 1.88. The Balaban J connectivity index is 2.42. The van der Waals surface area contributed by atoms with Gasteiger partial charge in [0.1, 0.15) is 5.52 Å². The van der Waals surface area contributed by atoms with Gasteiger partial charge in [0, 0.05) is 6.92 Å². The van der Waals surface area contributed by atoms with Crippen molar-refractivity contribution in [3.63, 3.8) is 0 Å². The normalized spacial score (nSPS) is 12.8. The summed E-state index contributed by atoms with van der Waals surface area (Å²) in [4.78, 5) is 15.3. The van der Waals surface area contributed by atoms with Crippen molar-refractivity contribution >= 4 is 17.1 Å². The number of rotatable bonds is 4. The summed E-state index contributed by atoms with van der Waals surface area (Å²) in [5.41, 5.74) is 7.49. The fourth-order valence-electron chi connectivity index (χ4n) is 1.88. The minimum Gasteiger partial charge on any atom is -0.481 e. The predicted octanol–water partition coefficient (Wildman–Crippen LogP) is 1.65. The van der Waals surface area contributed by atoms with E-state index in [9.17, 15) is 4.79 Å². The molecule has 0 aliphatic heterocycles. The number of benzene rings is 1. The highest BCUT2D eigenvalue weighted by molar-refractivity contribution is 5.80. The van der Waals surface area contributed by atoms with Crippen LogP contribution in [0.5, 0.6) is 0 Å². The van der Waals surface area contributed by atoms with Gasteiger partial charge in [0.05, 0.1) is 5.92 Å². The van der Waals surface area contributed by atoms with Crippen LogP contribution in [0.2, 0.25) is 0 Å². The number of carbonyl (C=O) groups is 1. The smallest absolute Gasteiger partial charge is 0.311 e. The van der Waals surface area contributed by atoms with Crippen LogP contribution in [0, 0.1) is 6.92 Å². The molecule has 0 aliphatic rings. The number of nitrogens with two attached hydrogens (primary N) is 1. The number of aromatic nitrogens is 1. The average molecular weight is 234 g/mol. The number of nitrogens with zero attached hydrogens (tertiary/aromatic N) is 1. The second-order valence-corrected chi connectivity index (χ2v) is 3.93. The van der Waals surface area contributed by atoms with Gasteiger partial charge in [0.15, 0.2) is 11.5 Å². The molecule has 0 spiro atoms. The molecular weight excluding hydrogens is 220 g/mol. The van der Waals surface area contributed by atoms with Crippen molar-refractivity contribution < 1.29 is 14.3 Å². The molecule has 0 saturated heterocycles. The Morgan fingerprint density at radius 2 is 2.35 bits per heavy atom. The highest BCUT2D eigenvalue weighted by atomic mass is 16.4. The first-order chi connectivity index (χ1) is 8.11. The molecule has 0 bridgehead atoms. The topological polar surface area (TPSA) is 89.3 Å². The number of carboxylic acids is 1. The van der Waals surface area contributed by atoms with Crippen LogP contribution in [0.25, 0.3) is 11.1 Å². The zero-order valence-corrected chi connectivity index (χ0v) is 9.51. The van der Waals surface area contributed by atoms with Gasteiger partial charge in [-0.2, -0.15) is 0 Å². The van der Waals surface area contributed by atoms with E-state index in [4.69, 9.17) is 15.3 Å². The van der Waals surface area contributed by atoms with Crippen LogP contribution in [0.15, 0.2) is 22.6 Å². The second-order valence-electron chi connectivity index (χ2n) is 3.93. The zero-order chi connectivity index (χ0) is 12.4. The van der Waals surface area contributed by atoms with E-state index in [1.807, 2.05) is 0 Å². The molecule has 0 radical (unpaired) electrons. The molecule has 5 nitrogen and oxygen atoms in total. The summed E-state index contributed by atoms with van der Waals surface area (Å²) in [6, 6.07) is 5.25. The minimum absolute atomic E-state index is 0.340. The van der Waals surface area contributed by atoms with Gasteiger partial charge < -0.3 is 15.3 Å². The molecule has 3 N–H and O–H groups in total. The van der Waals surface area contributed by atoms with E-state index in [0.717, 1.165) is 0 Å². The summed E-state index contributed by atoms with van der Waals surface area (Å²) < 4.78 is 5.34. The summed E-state index contributed by atoms with van der Waals surface area (Å²) in [7, 11) is 0. The molecule has 1 unspecified atom stereocenters. The highest BCUT2D eigenvalue weighted by Gasteiger charge is 2.19. The first kappa shape index (κ1) is 11.6. The fraction of sp³-hybridized carbons (Fsp3) is 0.333. The molecular formula is C12H14N2O3. The Morgan fingerprint density at radius 3 is 3.00 bits per heavy atom. The van der Waals surface area contributed by atoms with E-state index < -0.39 is 11.9 Å².